The van der Waals surface area contributed by atoms with Crippen LogP contribution >= 0.6 is 11.3 Å². The zero-order valence-corrected chi connectivity index (χ0v) is 27.4. The Morgan fingerprint density at radius 1 is 1.09 bits per heavy atom. The molecule has 5 rings (SSSR count). The minimum atomic E-state index is -1.01. The molecule has 7 nitrogen and oxygen atoms in total. The molecule has 1 aliphatic heterocycles. The summed E-state index contributed by atoms with van der Waals surface area (Å²) in [6.45, 7) is 7.47. The second-order valence-electron chi connectivity index (χ2n) is 13.7. The minimum absolute atomic E-state index is 0.0179. The lowest BCUT2D eigenvalue weighted by Gasteiger charge is -2.39. The van der Waals surface area contributed by atoms with Crippen molar-refractivity contribution in [3.63, 3.8) is 0 Å². The van der Waals surface area contributed by atoms with E-state index in [-0.39, 0.29) is 29.0 Å². The molecule has 3 fully saturated rings. The highest BCUT2D eigenvalue weighted by atomic mass is 32.1. The van der Waals surface area contributed by atoms with Gasteiger partial charge in [0.2, 0.25) is 5.91 Å². The minimum Gasteiger partial charge on any atom is -0.477 e. The van der Waals surface area contributed by atoms with Crippen LogP contribution in [0.2, 0.25) is 0 Å². The lowest BCUT2D eigenvalue weighted by atomic mass is 9.80. The second-order valence-corrected chi connectivity index (χ2v) is 14.8. The van der Waals surface area contributed by atoms with Crippen molar-refractivity contribution in [2.24, 2.45) is 23.2 Å². The van der Waals surface area contributed by atoms with Crippen LogP contribution in [0.25, 0.3) is 0 Å². The first-order valence-electron chi connectivity index (χ1n) is 16.5. The summed E-state index contributed by atoms with van der Waals surface area (Å²) in [5, 5.41) is 10.3. The van der Waals surface area contributed by atoms with Gasteiger partial charge in [0.25, 0.3) is 0 Å². The van der Waals surface area contributed by atoms with Gasteiger partial charge in [0.05, 0.1) is 17.2 Å². The molecule has 1 unspecified atom stereocenters. The van der Waals surface area contributed by atoms with Crippen molar-refractivity contribution in [1.29, 1.82) is 0 Å². The fraction of sp³-hybridized carbons (Fsp3) is 0.639. The fourth-order valence-corrected chi connectivity index (χ4v) is 7.65. The highest BCUT2D eigenvalue weighted by Crippen LogP contribution is 2.40. The van der Waals surface area contributed by atoms with Crippen LogP contribution in [-0.2, 0) is 20.7 Å². The largest absolute Gasteiger partial charge is 0.477 e. The van der Waals surface area contributed by atoms with Crippen LogP contribution in [0.4, 0.5) is 5.69 Å². The number of rotatable bonds is 9. The number of pyridine rings is 1. The number of amides is 1. The van der Waals surface area contributed by atoms with Gasteiger partial charge in [-0.25, -0.2) is 4.79 Å². The average molecular weight is 621 g/mol. The number of aromatic carboxylic acids is 1. The number of anilines is 1. The maximum Gasteiger partial charge on any atom is 0.348 e. The Morgan fingerprint density at radius 3 is 2.52 bits per heavy atom. The van der Waals surface area contributed by atoms with Gasteiger partial charge in [-0.15, -0.1) is 11.3 Å². The summed E-state index contributed by atoms with van der Waals surface area (Å²) < 4.78 is 11.7. The number of carbonyl (C=O) groups excluding carboxylic acids is 1. The lowest BCUT2D eigenvalue weighted by Crippen LogP contribution is -2.46. The SMILES string of the molecule is CC1CCC(C(=O)N(c2cc(C#CC(C)(C)COC3CCCCO3)sc2C(=O)O)C2CCC(Cc3ccccn3)CC2)CC1. The van der Waals surface area contributed by atoms with E-state index in [1.807, 2.05) is 43.1 Å². The van der Waals surface area contributed by atoms with E-state index in [4.69, 9.17) is 9.47 Å². The molecule has 238 valence electrons. The molecule has 1 saturated heterocycles. The van der Waals surface area contributed by atoms with Crippen LogP contribution in [0, 0.1) is 35.0 Å². The second kappa shape index (κ2) is 15.0. The van der Waals surface area contributed by atoms with Gasteiger partial charge in [0, 0.05) is 35.9 Å². The summed E-state index contributed by atoms with van der Waals surface area (Å²) >= 11 is 1.17. The van der Waals surface area contributed by atoms with Gasteiger partial charge in [-0.05, 0) is 121 Å². The van der Waals surface area contributed by atoms with E-state index < -0.39 is 11.4 Å². The Hall–Kier alpha value is -2.73. The molecule has 2 saturated carbocycles. The molecular weight excluding hydrogens is 572 g/mol. The Balaban J connectivity index is 1.36. The van der Waals surface area contributed by atoms with Gasteiger partial charge in [-0.2, -0.15) is 0 Å². The Morgan fingerprint density at radius 2 is 1.86 bits per heavy atom. The molecule has 8 heteroatoms. The van der Waals surface area contributed by atoms with Crippen molar-refractivity contribution in [1.82, 2.24) is 4.98 Å². The van der Waals surface area contributed by atoms with Crippen molar-refractivity contribution >= 4 is 28.9 Å². The smallest absolute Gasteiger partial charge is 0.348 e. The van der Waals surface area contributed by atoms with Crippen molar-refractivity contribution in [3.8, 4) is 11.8 Å². The lowest BCUT2D eigenvalue weighted by molar-refractivity contribution is -0.171. The molecule has 1 N–H and O–H groups in total. The first-order valence-corrected chi connectivity index (χ1v) is 17.4. The first-order chi connectivity index (χ1) is 21.2. The van der Waals surface area contributed by atoms with Crippen LogP contribution in [0.1, 0.15) is 112 Å². The normalized spacial score (nSPS) is 25.9. The van der Waals surface area contributed by atoms with E-state index in [0.29, 0.717) is 29.0 Å². The van der Waals surface area contributed by atoms with Crippen LogP contribution < -0.4 is 4.90 Å². The monoisotopic (exact) mass is 620 g/mol. The molecule has 2 aromatic heterocycles. The summed E-state index contributed by atoms with van der Waals surface area (Å²) in [4.78, 5) is 34.1. The van der Waals surface area contributed by atoms with Gasteiger partial charge in [-0.3, -0.25) is 9.78 Å². The van der Waals surface area contributed by atoms with E-state index in [0.717, 1.165) is 89.4 Å². The predicted molar refractivity (Wildman–Crippen MR) is 174 cm³/mol. The molecule has 0 aromatic carbocycles. The summed E-state index contributed by atoms with van der Waals surface area (Å²) in [6, 6.07) is 7.89. The van der Waals surface area contributed by atoms with Gasteiger partial charge in [-0.1, -0.05) is 24.8 Å². The van der Waals surface area contributed by atoms with Crippen molar-refractivity contribution in [2.45, 2.75) is 110 Å². The number of nitrogens with zero attached hydrogens (tertiary/aromatic N) is 2. The molecule has 0 spiro atoms. The zero-order valence-electron chi connectivity index (χ0n) is 26.6. The number of carbonyl (C=O) groups is 2. The van der Waals surface area contributed by atoms with Crippen molar-refractivity contribution in [2.75, 3.05) is 18.1 Å². The van der Waals surface area contributed by atoms with E-state index in [2.05, 4.69) is 29.8 Å². The molecule has 2 aliphatic carbocycles. The maximum absolute atomic E-state index is 14.3. The van der Waals surface area contributed by atoms with Gasteiger partial charge in [0.1, 0.15) is 4.88 Å². The highest BCUT2D eigenvalue weighted by Gasteiger charge is 2.37. The fourth-order valence-electron chi connectivity index (χ4n) is 6.81. The summed E-state index contributed by atoms with van der Waals surface area (Å²) in [7, 11) is 0. The van der Waals surface area contributed by atoms with Gasteiger partial charge >= 0.3 is 5.97 Å². The number of ether oxygens (including phenoxy) is 2. The van der Waals surface area contributed by atoms with E-state index in [1.54, 1.807) is 0 Å². The third-order valence-corrected chi connectivity index (χ3v) is 10.5. The molecule has 0 radical (unpaired) electrons. The molecule has 2 aromatic rings. The molecule has 3 aliphatic rings. The Bertz CT molecular complexity index is 1310. The standard InChI is InChI=1S/C36H48N2O5S/c1-25-10-14-27(15-11-25)34(39)38(29-16-12-26(13-17-29)22-28-8-4-6-20-37-28)31-23-30(44-33(31)35(40)41)18-19-36(2,3)24-43-32-9-5-7-21-42-32/h4,6,8,20,23,25-27,29,32H,5,7,9-17,21-22,24H2,1-3H3,(H,40,41). The topological polar surface area (TPSA) is 89.0 Å². The summed E-state index contributed by atoms with van der Waals surface area (Å²) in [5.74, 6) is 6.72. The number of hydrogen-bond acceptors (Lipinski definition) is 6. The zero-order chi connectivity index (χ0) is 31.1. The third-order valence-electron chi connectivity index (χ3n) is 9.47. The Kier molecular flexibility index (Phi) is 11.2. The number of carboxylic acids is 1. The van der Waals surface area contributed by atoms with Crippen LogP contribution in [0.5, 0.6) is 0 Å². The Labute approximate surface area is 266 Å². The first kappa shape index (κ1) is 32.7. The number of hydrogen-bond donors (Lipinski definition) is 1. The molecule has 44 heavy (non-hydrogen) atoms. The van der Waals surface area contributed by atoms with Crippen molar-refractivity contribution in [3.05, 3.63) is 45.9 Å². The summed E-state index contributed by atoms with van der Waals surface area (Å²) in [5.41, 5.74) is 1.19. The van der Waals surface area contributed by atoms with Crippen LogP contribution in [0.15, 0.2) is 30.5 Å². The molecule has 1 atom stereocenters. The maximum atomic E-state index is 14.3. The van der Waals surface area contributed by atoms with E-state index in [9.17, 15) is 14.7 Å². The van der Waals surface area contributed by atoms with Crippen LogP contribution in [-0.4, -0.2) is 47.5 Å². The van der Waals surface area contributed by atoms with Gasteiger partial charge < -0.3 is 19.5 Å². The number of aromatic nitrogens is 1. The summed E-state index contributed by atoms with van der Waals surface area (Å²) in [6.07, 6.45) is 13.2. The molecule has 1 amide bonds. The van der Waals surface area contributed by atoms with Crippen molar-refractivity contribution < 1.29 is 24.2 Å². The number of thiophene rings is 1. The number of carboxylic acid groups (broad SMARTS) is 1. The van der Waals surface area contributed by atoms with Crippen LogP contribution in [0.3, 0.4) is 0 Å². The van der Waals surface area contributed by atoms with Gasteiger partial charge in [0.15, 0.2) is 6.29 Å². The molecule has 0 bridgehead atoms. The third kappa shape index (κ3) is 8.71. The predicted octanol–water partition coefficient (Wildman–Crippen LogP) is 7.72. The quantitative estimate of drug-likeness (QED) is 0.289. The van der Waals surface area contributed by atoms with E-state index >= 15 is 0 Å². The highest BCUT2D eigenvalue weighted by molar-refractivity contribution is 7.15. The molecular formula is C36H48N2O5S. The molecule has 3 heterocycles. The average Bonchev–Trinajstić information content (AvgIpc) is 3.46. The van der Waals surface area contributed by atoms with E-state index in [1.165, 1.54) is 11.3 Å².